The summed E-state index contributed by atoms with van der Waals surface area (Å²) in [5.41, 5.74) is 3.42. The van der Waals surface area contributed by atoms with E-state index >= 15 is 0 Å². The molecule has 0 aliphatic rings. The predicted molar refractivity (Wildman–Crippen MR) is 141 cm³/mol. The number of hydrogen-bond acceptors (Lipinski definition) is 2. The van der Waals surface area contributed by atoms with Gasteiger partial charge in [-0.15, -0.1) is 0 Å². The molecule has 4 rings (SSSR count). The Bertz CT molecular complexity index is 1320. The summed E-state index contributed by atoms with van der Waals surface area (Å²) in [6, 6.07) is 20.4. The molecule has 0 spiro atoms. The summed E-state index contributed by atoms with van der Waals surface area (Å²) >= 11 is 3.79. The molecule has 0 amide bonds. The van der Waals surface area contributed by atoms with Crippen LogP contribution in [-0.2, 0) is 0 Å². The summed E-state index contributed by atoms with van der Waals surface area (Å²) in [5, 5.41) is 4.52. The Morgan fingerprint density at radius 1 is 0.879 bits per heavy atom. The molecule has 0 heterocycles. The van der Waals surface area contributed by atoms with Gasteiger partial charge in [-0.1, -0.05) is 86.6 Å². The van der Waals surface area contributed by atoms with Gasteiger partial charge >= 0.3 is 0 Å². The first-order valence-corrected chi connectivity index (χ1v) is 12.3. The molecule has 0 saturated heterocycles. The van der Waals surface area contributed by atoms with Crippen LogP contribution in [0.15, 0.2) is 65.1 Å². The lowest BCUT2D eigenvalue weighted by Crippen LogP contribution is -2.01. The highest BCUT2D eigenvalue weighted by Crippen LogP contribution is 2.36. The summed E-state index contributed by atoms with van der Waals surface area (Å²) in [7, 11) is 0. The molecule has 166 valence electrons. The van der Waals surface area contributed by atoms with Crippen molar-refractivity contribution in [2.45, 2.75) is 39.5 Å². The van der Waals surface area contributed by atoms with E-state index in [2.05, 4.69) is 59.0 Å². The first kappa shape index (κ1) is 23.1. The van der Waals surface area contributed by atoms with Crippen LogP contribution in [-0.4, -0.2) is 12.9 Å². The lowest BCUT2D eigenvalue weighted by molar-refractivity contribution is 0.111. The minimum absolute atomic E-state index is 0.577. The fourth-order valence-electron chi connectivity index (χ4n) is 4.11. The molecule has 33 heavy (non-hydrogen) atoms. The van der Waals surface area contributed by atoms with Gasteiger partial charge in [0.2, 0.25) is 0 Å². The Kier molecular flexibility index (Phi) is 7.47. The lowest BCUT2D eigenvalue weighted by atomic mass is 9.96. The number of benzene rings is 4. The molecule has 4 aromatic carbocycles. The van der Waals surface area contributed by atoms with Gasteiger partial charge in [0.25, 0.3) is 0 Å². The molecule has 4 aromatic rings. The fourth-order valence-corrected chi connectivity index (χ4v) is 4.80. The molecule has 0 fully saturated rings. The monoisotopic (exact) mass is 498 g/mol. The summed E-state index contributed by atoms with van der Waals surface area (Å²) in [6.07, 6.45) is 5.36. The maximum Gasteiger partial charge on any atom is 0.153 e. The van der Waals surface area contributed by atoms with Gasteiger partial charge in [-0.05, 0) is 68.5 Å². The van der Waals surface area contributed by atoms with E-state index in [1.54, 1.807) is 0 Å². The highest BCUT2D eigenvalue weighted by atomic mass is 79.9. The van der Waals surface area contributed by atoms with E-state index in [0.717, 1.165) is 61.8 Å². The first-order chi connectivity index (χ1) is 16.1. The topological polar surface area (TPSA) is 26.3 Å². The van der Waals surface area contributed by atoms with Crippen LogP contribution in [0.5, 0.6) is 5.75 Å². The minimum Gasteiger partial charge on any atom is -0.493 e. The van der Waals surface area contributed by atoms with Crippen molar-refractivity contribution >= 4 is 43.8 Å². The van der Waals surface area contributed by atoms with Gasteiger partial charge < -0.3 is 4.74 Å². The van der Waals surface area contributed by atoms with Crippen LogP contribution < -0.4 is 4.74 Å². The number of fused-ring (bicyclic) bond motifs is 2. The molecule has 0 aromatic heterocycles. The van der Waals surface area contributed by atoms with Crippen molar-refractivity contribution in [3.8, 4) is 17.6 Å². The largest absolute Gasteiger partial charge is 0.493 e. The Labute approximate surface area is 204 Å². The first-order valence-electron chi connectivity index (χ1n) is 11.5. The normalized spacial score (nSPS) is 10.8. The van der Waals surface area contributed by atoms with Gasteiger partial charge in [0, 0.05) is 15.6 Å². The second kappa shape index (κ2) is 10.7. The molecule has 0 aliphatic carbocycles. The summed E-state index contributed by atoms with van der Waals surface area (Å²) in [6.45, 7) is 4.78. The molecule has 0 atom stereocenters. The van der Waals surface area contributed by atoms with E-state index in [0.29, 0.717) is 17.9 Å². The van der Waals surface area contributed by atoms with Crippen LogP contribution in [0.3, 0.4) is 0 Å². The third-order valence-corrected chi connectivity index (χ3v) is 6.78. The van der Waals surface area contributed by atoms with Gasteiger partial charge in [0.05, 0.1) is 12.2 Å². The van der Waals surface area contributed by atoms with E-state index in [1.807, 2.05) is 43.3 Å². The average molecular weight is 499 g/mol. The lowest BCUT2D eigenvalue weighted by Gasteiger charge is -2.11. The maximum atomic E-state index is 11.6. The minimum atomic E-state index is 0.577. The quantitative estimate of drug-likeness (QED) is 0.111. The number of aldehydes is 1. The van der Waals surface area contributed by atoms with Gasteiger partial charge in [0.15, 0.2) is 6.29 Å². The third kappa shape index (κ3) is 4.97. The van der Waals surface area contributed by atoms with Crippen LogP contribution in [0.2, 0.25) is 0 Å². The average Bonchev–Trinajstić information content (AvgIpc) is 2.85. The van der Waals surface area contributed by atoms with Crippen molar-refractivity contribution < 1.29 is 9.53 Å². The molecular weight excluding hydrogens is 472 g/mol. The van der Waals surface area contributed by atoms with Crippen molar-refractivity contribution in [2.24, 2.45) is 0 Å². The molecular formula is C30H27BrO2. The molecule has 0 unspecified atom stereocenters. The van der Waals surface area contributed by atoms with Crippen LogP contribution in [0.1, 0.15) is 59.7 Å². The van der Waals surface area contributed by atoms with Gasteiger partial charge in [0.1, 0.15) is 5.75 Å². The van der Waals surface area contributed by atoms with Crippen molar-refractivity contribution in [3.05, 3.63) is 87.4 Å². The zero-order valence-electron chi connectivity index (χ0n) is 19.1. The summed E-state index contributed by atoms with van der Waals surface area (Å²) in [5.74, 6) is 7.44. The third-order valence-electron chi connectivity index (χ3n) is 5.93. The maximum absolute atomic E-state index is 11.6. The van der Waals surface area contributed by atoms with Gasteiger partial charge in [-0.25, -0.2) is 0 Å². The number of rotatable bonds is 7. The van der Waals surface area contributed by atoms with Crippen LogP contribution in [0.4, 0.5) is 0 Å². The van der Waals surface area contributed by atoms with Crippen molar-refractivity contribution in [1.29, 1.82) is 0 Å². The zero-order valence-corrected chi connectivity index (χ0v) is 20.7. The highest BCUT2D eigenvalue weighted by Gasteiger charge is 2.11. The van der Waals surface area contributed by atoms with Crippen molar-refractivity contribution in [3.63, 3.8) is 0 Å². The molecule has 0 aliphatic heterocycles. The Morgan fingerprint density at radius 3 is 2.12 bits per heavy atom. The van der Waals surface area contributed by atoms with E-state index in [9.17, 15) is 4.79 Å². The zero-order chi connectivity index (χ0) is 23.2. The number of halogens is 1. The molecule has 0 saturated carbocycles. The van der Waals surface area contributed by atoms with E-state index < -0.39 is 0 Å². The Balaban J connectivity index is 1.77. The van der Waals surface area contributed by atoms with E-state index in [1.165, 1.54) is 12.8 Å². The number of unbranched alkanes of at least 4 members (excludes halogenated alkanes) is 3. The molecule has 0 N–H and O–H groups in total. The van der Waals surface area contributed by atoms with E-state index in [4.69, 9.17) is 4.74 Å². The van der Waals surface area contributed by atoms with Crippen molar-refractivity contribution in [2.75, 3.05) is 6.61 Å². The number of ether oxygens (including phenoxy) is 1. The second-order valence-corrected chi connectivity index (χ2v) is 9.06. The number of carbonyl (C=O) groups is 1. The Hall–Kier alpha value is -3.09. The number of aryl methyl sites for hydroxylation is 1. The van der Waals surface area contributed by atoms with Gasteiger partial charge in [-0.3, -0.25) is 4.79 Å². The van der Waals surface area contributed by atoms with Crippen LogP contribution in [0.25, 0.3) is 21.5 Å². The number of hydrogen-bond donors (Lipinski definition) is 0. The fraction of sp³-hybridized carbons (Fsp3) is 0.233. The summed E-state index contributed by atoms with van der Waals surface area (Å²) < 4.78 is 7.06. The van der Waals surface area contributed by atoms with Crippen LogP contribution >= 0.6 is 15.9 Å². The van der Waals surface area contributed by atoms with Gasteiger partial charge in [-0.2, -0.15) is 0 Å². The molecule has 3 heteroatoms. The number of carbonyl (C=O) groups excluding carboxylic acids is 1. The SMILES string of the molecule is CCCCCCOc1cc(C#Cc2c3ccccc3c(Br)c3ccccc23)c(C)cc1C=O. The molecule has 0 radical (unpaired) electrons. The Morgan fingerprint density at radius 2 is 1.52 bits per heavy atom. The second-order valence-electron chi connectivity index (χ2n) is 8.26. The standard InChI is InChI=1S/C30H27BrO2/c1-3-4-5-10-17-33-29-19-22(21(2)18-23(29)20-32)15-16-26-24-11-6-8-13-27(24)30(31)28-14-9-7-12-25(26)28/h6-9,11-14,18-20H,3-5,10,17H2,1-2H3. The van der Waals surface area contributed by atoms with Crippen LogP contribution in [0, 0.1) is 18.8 Å². The smallest absolute Gasteiger partial charge is 0.153 e. The molecule has 2 nitrogen and oxygen atoms in total. The predicted octanol–water partition coefficient (Wildman–Crippen LogP) is 8.24. The van der Waals surface area contributed by atoms with Crippen molar-refractivity contribution in [1.82, 2.24) is 0 Å². The summed E-state index contributed by atoms with van der Waals surface area (Å²) in [4.78, 5) is 11.6. The molecule has 0 bridgehead atoms. The van der Waals surface area contributed by atoms with E-state index in [-0.39, 0.29) is 0 Å². The highest BCUT2D eigenvalue weighted by molar-refractivity contribution is 9.10.